The highest BCUT2D eigenvalue weighted by molar-refractivity contribution is 6.29. The highest BCUT2D eigenvalue weighted by atomic mass is 35.5. The first-order chi connectivity index (χ1) is 15.9. The van der Waals surface area contributed by atoms with Crippen LogP contribution in [0.2, 0.25) is 5.15 Å². The predicted molar refractivity (Wildman–Crippen MR) is 127 cm³/mol. The van der Waals surface area contributed by atoms with Crippen LogP contribution in [0.3, 0.4) is 0 Å². The van der Waals surface area contributed by atoms with Crippen LogP contribution in [-0.2, 0) is 13.1 Å². The molecule has 1 aliphatic heterocycles. The van der Waals surface area contributed by atoms with E-state index in [0.29, 0.717) is 17.6 Å². The van der Waals surface area contributed by atoms with Crippen molar-refractivity contribution in [1.29, 1.82) is 0 Å². The number of anilines is 1. The average Bonchev–Trinajstić information content (AvgIpc) is 3.31. The second-order valence-corrected chi connectivity index (χ2v) is 8.39. The Hall–Kier alpha value is -3.40. The van der Waals surface area contributed by atoms with E-state index in [1.54, 1.807) is 6.20 Å². The number of pyridine rings is 1. The monoisotopic (exact) mass is 464 g/mol. The number of aryl methyl sites for hydroxylation is 2. The van der Waals surface area contributed by atoms with Crippen molar-refractivity contribution < 1.29 is 4.74 Å². The van der Waals surface area contributed by atoms with Crippen LogP contribution in [0.4, 0.5) is 5.69 Å². The van der Waals surface area contributed by atoms with Crippen LogP contribution in [0.15, 0.2) is 48.7 Å². The topological polar surface area (TPSA) is 113 Å². The van der Waals surface area contributed by atoms with Crippen LogP contribution in [0.1, 0.15) is 17.2 Å². The lowest BCUT2D eigenvalue weighted by Crippen LogP contribution is -2.37. The maximum absolute atomic E-state index is 6.05. The summed E-state index contributed by atoms with van der Waals surface area (Å²) < 4.78 is 9.62. The minimum atomic E-state index is -0.957. The Morgan fingerprint density at radius 2 is 1.82 bits per heavy atom. The highest BCUT2D eigenvalue weighted by Crippen LogP contribution is 2.34. The molecule has 5 rings (SSSR count). The zero-order valence-corrected chi connectivity index (χ0v) is 19.2. The summed E-state index contributed by atoms with van der Waals surface area (Å²) in [5, 5.41) is 4.83. The van der Waals surface area contributed by atoms with Crippen molar-refractivity contribution in [2.45, 2.75) is 33.3 Å². The van der Waals surface area contributed by atoms with Crippen LogP contribution in [0, 0.1) is 13.8 Å². The first kappa shape index (κ1) is 21.4. The first-order valence-electron chi connectivity index (χ1n) is 10.7. The summed E-state index contributed by atoms with van der Waals surface area (Å²) in [5.41, 5.74) is 17.1. The Labute approximate surface area is 196 Å². The van der Waals surface area contributed by atoms with Gasteiger partial charge >= 0.3 is 0 Å². The molecular weight excluding hydrogens is 440 g/mol. The molecule has 0 aliphatic carbocycles. The van der Waals surface area contributed by atoms with Crippen molar-refractivity contribution in [2.75, 3.05) is 11.4 Å². The molecule has 0 atom stereocenters. The standard InChI is InChI=1S/C23H25ClN8O/c1-14-12-20(24)29-32(14)17-7-5-16(6-8-17)30-10-11-31-15(2)28-21(19(31)13-30)18-4-3-9-27-22(18)33-23(25)26/h3-9,12,23H,10-11,13,25-26H2,1-2H3. The van der Waals surface area contributed by atoms with Gasteiger partial charge in [-0.15, -0.1) is 0 Å². The number of imidazole rings is 1. The number of fused-ring (bicyclic) bond motifs is 1. The van der Waals surface area contributed by atoms with Gasteiger partial charge in [0.05, 0.1) is 29.2 Å². The molecule has 33 heavy (non-hydrogen) atoms. The molecule has 0 fully saturated rings. The Morgan fingerprint density at radius 3 is 2.52 bits per heavy atom. The lowest BCUT2D eigenvalue weighted by atomic mass is 10.1. The van der Waals surface area contributed by atoms with Crippen molar-refractivity contribution in [3.05, 3.63) is 71.0 Å². The van der Waals surface area contributed by atoms with Crippen LogP contribution < -0.4 is 21.1 Å². The van der Waals surface area contributed by atoms with E-state index in [4.69, 9.17) is 32.8 Å². The number of ether oxygens (including phenoxy) is 1. The van der Waals surface area contributed by atoms with Crippen LogP contribution in [-0.4, -0.2) is 37.2 Å². The van der Waals surface area contributed by atoms with Gasteiger partial charge < -0.3 is 14.2 Å². The molecule has 1 aromatic carbocycles. The van der Waals surface area contributed by atoms with Gasteiger partial charge in [0.1, 0.15) is 5.82 Å². The molecule has 10 heteroatoms. The Morgan fingerprint density at radius 1 is 1.06 bits per heavy atom. The van der Waals surface area contributed by atoms with Crippen molar-refractivity contribution in [2.24, 2.45) is 11.5 Å². The van der Waals surface area contributed by atoms with E-state index in [-0.39, 0.29) is 0 Å². The number of halogens is 1. The van der Waals surface area contributed by atoms with Gasteiger partial charge in [0, 0.05) is 30.7 Å². The van der Waals surface area contributed by atoms with Crippen molar-refractivity contribution >= 4 is 17.3 Å². The van der Waals surface area contributed by atoms with Crippen molar-refractivity contribution in [1.82, 2.24) is 24.3 Å². The van der Waals surface area contributed by atoms with E-state index < -0.39 is 6.35 Å². The Kier molecular flexibility index (Phi) is 5.53. The number of benzene rings is 1. The van der Waals surface area contributed by atoms with E-state index in [9.17, 15) is 0 Å². The zero-order valence-electron chi connectivity index (χ0n) is 18.4. The average molecular weight is 465 g/mol. The molecule has 0 unspecified atom stereocenters. The molecule has 170 valence electrons. The van der Waals surface area contributed by atoms with Crippen LogP contribution in [0.5, 0.6) is 5.88 Å². The van der Waals surface area contributed by atoms with E-state index >= 15 is 0 Å². The van der Waals surface area contributed by atoms with Crippen molar-refractivity contribution in [3.63, 3.8) is 0 Å². The zero-order chi connectivity index (χ0) is 23.1. The fourth-order valence-corrected chi connectivity index (χ4v) is 4.51. The second kappa shape index (κ2) is 8.51. The molecular formula is C23H25ClN8O. The van der Waals surface area contributed by atoms with E-state index in [1.807, 2.05) is 36.7 Å². The van der Waals surface area contributed by atoms with Gasteiger partial charge in [0.2, 0.25) is 12.2 Å². The summed E-state index contributed by atoms with van der Waals surface area (Å²) in [5.74, 6) is 1.33. The van der Waals surface area contributed by atoms with Gasteiger partial charge in [-0.05, 0) is 56.3 Å². The van der Waals surface area contributed by atoms with Gasteiger partial charge in [-0.1, -0.05) is 11.6 Å². The number of rotatable bonds is 5. The summed E-state index contributed by atoms with van der Waals surface area (Å²) in [7, 11) is 0. The van der Waals surface area contributed by atoms with Gasteiger partial charge in [-0.3, -0.25) is 11.5 Å². The molecule has 0 saturated carbocycles. The molecule has 0 radical (unpaired) electrons. The minimum Gasteiger partial charge on any atom is -0.445 e. The molecule has 0 saturated heterocycles. The summed E-state index contributed by atoms with van der Waals surface area (Å²) >= 11 is 6.05. The predicted octanol–water partition coefficient (Wildman–Crippen LogP) is 3.00. The summed E-state index contributed by atoms with van der Waals surface area (Å²) in [6.07, 6.45) is 0.695. The van der Waals surface area contributed by atoms with Gasteiger partial charge in [-0.25, -0.2) is 14.6 Å². The number of nitrogens with zero attached hydrogens (tertiary/aromatic N) is 6. The maximum atomic E-state index is 6.05. The fraction of sp³-hybridized carbons (Fsp3) is 0.261. The molecule has 3 aromatic heterocycles. The molecule has 0 bridgehead atoms. The van der Waals surface area contributed by atoms with Gasteiger partial charge in [-0.2, -0.15) is 5.10 Å². The first-order valence-corrected chi connectivity index (χ1v) is 11.1. The molecule has 4 N–H and O–H groups in total. The second-order valence-electron chi connectivity index (χ2n) is 8.00. The third-order valence-electron chi connectivity index (χ3n) is 5.79. The summed E-state index contributed by atoms with van der Waals surface area (Å²) in [4.78, 5) is 11.5. The molecule has 0 amide bonds. The minimum absolute atomic E-state index is 0.378. The summed E-state index contributed by atoms with van der Waals surface area (Å²) in [6, 6.07) is 14.0. The Balaban J connectivity index is 1.46. The van der Waals surface area contributed by atoms with E-state index in [1.165, 1.54) is 0 Å². The molecule has 4 aromatic rings. The molecule has 1 aliphatic rings. The lowest BCUT2D eigenvalue weighted by molar-refractivity contribution is 0.210. The van der Waals surface area contributed by atoms with Crippen LogP contribution >= 0.6 is 11.6 Å². The largest absolute Gasteiger partial charge is 0.445 e. The SMILES string of the molecule is Cc1cc(Cl)nn1-c1ccc(N2CCn3c(C)nc(-c4cccnc4OC(N)N)c3C2)cc1. The van der Waals surface area contributed by atoms with E-state index in [0.717, 1.165) is 52.9 Å². The van der Waals surface area contributed by atoms with Gasteiger partial charge in [0.25, 0.3) is 0 Å². The number of nitrogens with two attached hydrogens (primary N) is 2. The number of hydrogen-bond acceptors (Lipinski definition) is 7. The third kappa shape index (κ3) is 4.06. The van der Waals surface area contributed by atoms with E-state index in [2.05, 4.69) is 43.8 Å². The Bertz CT molecular complexity index is 1290. The quantitative estimate of drug-likeness (QED) is 0.436. The third-order valence-corrected chi connectivity index (χ3v) is 5.97. The number of hydrogen-bond donors (Lipinski definition) is 2. The normalized spacial score (nSPS) is 13.5. The van der Waals surface area contributed by atoms with Gasteiger partial charge in [0.15, 0.2) is 5.15 Å². The van der Waals surface area contributed by atoms with Crippen LogP contribution in [0.25, 0.3) is 16.9 Å². The van der Waals surface area contributed by atoms with Crippen molar-refractivity contribution in [3.8, 4) is 22.8 Å². The smallest absolute Gasteiger partial charge is 0.225 e. The highest BCUT2D eigenvalue weighted by Gasteiger charge is 2.26. The molecule has 4 heterocycles. The molecule has 9 nitrogen and oxygen atoms in total. The maximum Gasteiger partial charge on any atom is 0.225 e. The number of aromatic nitrogens is 5. The summed E-state index contributed by atoms with van der Waals surface area (Å²) in [6.45, 7) is 6.40. The fourth-order valence-electron chi connectivity index (χ4n) is 4.28. The molecule has 0 spiro atoms. The lowest BCUT2D eigenvalue weighted by Gasteiger charge is -2.31.